The lowest BCUT2D eigenvalue weighted by molar-refractivity contribution is -0.116. The fourth-order valence-corrected chi connectivity index (χ4v) is 4.88. The van der Waals surface area contributed by atoms with Gasteiger partial charge in [0, 0.05) is 44.7 Å². The highest BCUT2D eigenvalue weighted by molar-refractivity contribution is 6.06. The minimum atomic E-state index is -0.238. The molecule has 3 atom stereocenters. The molecule has 1 saturated heterocycles. The lowest BCUT2D eigenvalue weighted by atomic mass is 10.1. The predicted molar refractivity (Wildman–Crippen MR) is 114 cm³/mol. The molecule has 2 aliphatic heterocycles. The number of benzene rings is 1. The summed E-state index contributed by atoms with van der Waals surface area (Å²) in [6, 6.07) is 5.05. The Kier molecular flexibility index (Phi) is 4.71. The zero-order valence-corrected chi connectivity index (χ0v) is 17.8. The molecule has 2 aliphatic carbocycles. The molecule has 4 amide bonds. The zero-order valence-electron chi connectivity index (χ0n) is 17.8. The second-order valence-corrected chi connectivity index (χ2v) is 9.61. The van der Waals surface area contributed by atoms with Crippen molar-refractivity contribution in [2.75, 3.05) is 36.9 Å². The molecule has 7 nitrogen and oxygen atoms in total. The second-order valence-electron chi connectivity index (χ2n) is 9.61. The first-order valence-electron chi connectivity index (χ1n) is 11.2. The maximum Gasteiger partial charge on any atom is 0.324 e. The van der Waals surface area contributed by atoms with Gasteiger partial charge in [-0.1, -0.05) is 12.8 Å². The van der Waals surface area contributed by atoms with Gasteiger partial charge in [0.1, 0.15) is 0 Å². The number of rotatable bonds is 4. The van der Waals surface area contributed by atoms with Crippen LogP contribution in [0.2, 0.25) is 0 Å². The molecule has 4 aliphatic rings. The number of amides is 4. The van der Waals surface area contributed by atoms with Gasteiger partial charge < -0.3 is 15.1 Å². The largest absolute Gasteiger partial charge is 0.342 e. The summed E-state index contributed by atoms with van der Waals surface area (Å²) >= 11 is 0. The summed E-state index contributed by atoms with van der Waals surface area (Å²) in [5.41, 5.74) is 1.76. The van der Waals surface area contributed by atoms with Crippen LogP contribution in [0.3, 0.4) is 0 Å². The van der Waals surface area contributed by atoms with Crippen LogP contribution in [0.1, 0.15) is 49.4 Å². The van der Waals surface area contributed by atoms with Crippen molar-refractivity contribution in [2.45, 2.75) is 45.1 Å². The fourth-order valence-electron chi connectivity index (χ4n) is 4.88. The SMILES string of the molecule is C[C@H]1CC(=O)Nc2cc(C(=O)N(C)CCC3CC3)ccc2N1C(=O)N1CC2CC2C1. The lowest BCUT2D eigenvalue weighted by Crippen LogP contribution is -2.47. The van der Waals surface area contributed by atoms with Crippen molar-refractivity contribution in [3.05, 3.63) is 23.8 Å². The van der Waals surface area contributed by atoms with Crippen LogP contribution in [0.4, 0.5) is 16.2 Å². The molecule has 0 spiro atoms. The molecule has 30 heavy (non-hydrogen) atoms. The van der Waals surface area contributed by atoms with Gasteiger partial charge in [-0.2, -0.15) is 0 Å². The number of hydrogen-bond donors (Lipinski definition) is 1. The third-order valence-corrected chi connectivity index (χ3v) is 7.07. The molecule has 0 radical (unpaired) electrons. The normalized spacial score (nSPS) is 27.1. The van der Waals surface area contributed by atoms with Gasteiger partial charge in [0.2, 0.25) is 5.91 Å². The molecule has 1 aromatic carbocycles. The van der Waals surface area contributed by atoms with Gasteiger partial charge in [0.15, 0.2) is 0 Å². The molecule has 1 N–H and O–H groups in total. The first kappa shape index (κ1) is 19.4. The van der Waals surface area contributed by atoms with Crippen molar-refractivity contribution in [1.82, 2.24) is 9.80 Å². The Morgan fingerprint density at radius 3 is 2.63 bits per heavy atom. The third kappa shape index (κ3) is 3.66. The predicted octanol–water partition coefficient (Wildman–Crippen LogP) is 3.17. The first-order valence-corrected chi connectivity index (χ1v) is 11.2. The number of nitrogens with zero attached hydrogens (tertiary/aromatic N) is 3. The number of anilines is 2. The van der Waals surface area contributed by atoms with Gasteiger partial charge in [-0.15, -0.1) is 0 Å². The number of piperidine rings is 1. The Bertz CT molecular complexity index is 886. The summed E-state index contributed by atoms with van der Waals surface area (Å²) in [7, 11) is 1.82. The van der Waals surface area contributed by atoms with E-state index in [1.54, 1.807) is 21.9 Å². The summed E-state index contributed by atoms with van der Waals surface area (Å²) in [6.45, 7) is 4.28. The highest BCUT2D eigenvalue weighted by Crippen LogP contribution is 2.46. The molecule has 2 saturated carbocycles. The van der Waals surface area contributed by atoms with Crippen LogP contribution in [0.5, 0.6) is 0 Å². The van der Waals surface area contributed by atoms with Gasteiger partial charge in [0.25, 0.3) is 5.91 Å². The standard InChI is InChI=1S/C23H30N4O3/c1-14-9-21(28)24-19-11-16(22(29)25(2)8-7-15-3-4-15)5-6-20(19)27(14)23(30)26-12-17-10-18(17)13-26/h5-6,11,14-15,17-18H,3-4,7-10,12-13H2,1-2H3,(H,24,28)/t14-,17?,18?/m0/s1. The van der Waals surface area contributed by atoms with E-state index in [0.717, 1.165) is 32.0 Å². The van der Waals surface area contributed by atoms with Crippen LogP contribution in [-0.4, -0.2) is 60.4 Å². The van der Waals surface area contributed by atoms with Crippen LogP contribution in [-0.2, 0) is 4.79 Å². The van der Waals surface area contributed by atoms with E-state index in [0.29, 0.717) is 28.8 Å². The van der Waals surface area contributed by atoms with Gasteiger partial charge in [-0.05, 0) is 55.7 Å². The number of nitrogens with one attached hydrogen (secondary N) is 1. The van der Waals surface area contributed by atoms with E-state index in [1.165, 1.54) is 19.3 Å². The molecule has 2 heterocycles. The topological polar surface area (TPSA) is 73.0 Å². The van der Waals surface area contributed by atoms with Crippen LogP contribution >= 0.6 is 0 Å². The van der Waals surface area contributed by atoms with Gasteiger partial charge >= 0.3 is 6.03 Å². The molecule has 160 valence electrons. The van der Waals surface area contributed by atoms with Crippen LogP contribution < -0.4 is 10.2 Å². The molecule has 1 aromatic rings. The van der Waals surface area contributed by atoms with Crippen molar-refractivity contribution in [1.29, 1.82) is 0 Å². The number of carbonyl (C=O) groups excluding carboxylic acids is 3. The quantitative estimate of drug-likeness (QED) is 0.829. The minimum Gasteiger partial charge on any atom is -0.342 e. The number of fused-ring (bicyclic) bond motifs is 2. The molecule has 0 bridgehead atoms. The van der Waals surface area contributed by atoms with E-state index >= 15 is 0 Å². The molecule has 0 aromatic heterocycles. The van der Waals surface area contributed by atoms with E-state index in [1.807, 2.05) is 24.9 Å². The highest BCUT2D eigenvalue weighted by Gasteiger charge is 2.48. The monoisotopic (exact) mass is 410 g/mol. The molecule has 5 rings (SSSR count). The van der Waals surface area contributed by atoms with E-state index in [4.69, 9.17) is 0 Å². The van der Waals surface area contributed by atoms with E-state index < -0.39 is 0 Å². The van der Waals surface area contributed by atoms with Crippen molar-refractivity contribution in [2.24, 2.45) is 17.8 Å². The van der Waals surface area contributed by atoms with Crippen LogP contribution in [0, 0.1) is 17.8 Å². The molecule has 3 fully saturated rings. The van der Waals surface area contributed by atoms with Crippen molar-refractivity contribution < 1.29 is 14.4 Å². The van der Waals surface area contributed by atoms with Gasteiger partial charge in [-0.25, -0.2) is 4.79 Å². The maximum atomic E-state index is 13.3. The van der Waals surface area contributed by atoms with Crippen molar-refractivity contribution >= 4 is 29.2 Å². The zero-order chi connectivity index (χ0) is 21.0. The van der Waals surface area contributed by atoms with E-state index in [2.05, 4.69) is 5.32 Å². The molecular formula is C23H30N4O3. The Balaban J connectivity index is 1.39. The Hall–Kier alpha value is -2.57. The fraction of sp³-hybridized carbons (Fsp3) is 0.609. The summed E-state index contributed by atoms with van der Waals surface area (Å²) in [4.78, 5) is 44.1. The smallest absolute Gasteiger partial charge is 0.324 e. The van der Waals surface area contributed by atoms with Crippen molar-refractivity contribution in [3.63, 3.8) is 0 Å². The number of likely N-dealkylation sites (tertiary alicyclic amines) is 1. The molecule has 2 unspecified atom stereocenters. The minimum absolute atomic E-state index is 0.0342. The summed E-state index contributed by atoms with van der Waals surface area (Å²) in [5.74, 6) is 1.89. The average Bonchev–Trinajstić information content (AvgIpc) is 3.65. The Morgan fingerprint density at radius 2 is 1.93 bits per heavy atom. The lowest BCUT2D eigenvalue weighted by Gasteiger charge is -2.32. The summed E-state index contributed by atoms with van der Waals surface area (Å²) < 4.78 is 0. The van der Waals surface area contributed by atoms with Crippen LogP contribution in [0.25, 0.3) is 0 Å². The maximum absolute atomic E-state index is 13.3. The Labute approximate surface area is 177 Å². The third-order valence-electron chi connectivity index (χ3n) is 7.07. The first-order chi connectivity index (χ1) is 14.4. The number of carbonyl (C=O) groups is 3. The second kappa shape index (κ2) is 7.29. The molecule has 7 heteroatoms. The Morgan fingerprint density at radius 1 is 1.20 bits per heavy atom. The van der Waals surface area contributed by atoms with Crippen molar-refractivity contribution in [3.8, 4) is 0 Å². The number of urea groups is 1. The average molecular weight is 411 g/mol. The van der Waals surface area contributed by atoms with E-state index in [9.17, 15) is 14.4 Å². The van der Waals surface area contributed by atoms with E-state index in [-0.39, 0.29) is 30.3 Å². The van der Waals surface area contributed by atoms with Crippen LogP contribution in [0.15, 0.2) is 18.2 Å². The number of hydrogen-bond acceptors (Lipinski definition) is 3. The van der Waals surface area contributed by atoms with Gasteiger partial charge in [-0.3, -0.25) is 14.5 Å². The highest BCUT2D eigenvalue weighted by atomic mass is 16.2. The summed E-state index contributed by atoms with van der Waals surface area (Å²) in [6.07, 6.45) is 5.06. The molecular weight excluding hydrogens is 380 g/mol. The summed E-state index contributed by atoms with van der Waals surface area (Å²) in [5, 5.41) is 2.92. The van der Waals surface area contributed by atoms with Gasteiger partial charge in [0.05, 0.1) is 11.4 Å².